The van der Waals surface area contributed by atoms with Crippen molar-refractivity contribution in [3.8, 4) is 5.75 Å². The van der Waals surface area contributed by atoms with Crippen LogP contribution < -0.4 is 4.74 Å². The van der Waals surface area contributed by atoms with E-state index in [1.54, 1.807) is 0 Å². The summed E-state index contributed by atoms with van der Waals surface area (Å²) in [5, 5.41) is 27.8. The van der Waals surface area contributed by atoms with Crippen LogP contribution in [0.25, 0.3) is 0 Å². The van der Waals surface area contributed by atoms with Gasteiger partial charge in [-0.25, -0.2) is 0 Å². The maximum atomic E-state index is 12.8. The van der Waals surface area contributed by atoms with Gasteiger partial charge in [-0.15, -0.1) is 0 Å². The van der Waals surface area contributed by atoms with Crippen molar-refractivity contribution in [2.45, 2.75) is 24.8 Å². The monoisotopic (exact) mass is 280 g/mol. The van der Waals surface area contributed by atoms with Crippen molar-refractivity contribution in [1.29, 1.82) is 0 Å². The maximum absolute atomic E-state index is 12.8. The predicted molar refractivity (Wildman–Crippen MR) is 60.7 cm³/mol. The second kappa shape index (κ2) is 6.23. The molecule has 1 aromatic carbocycles. The fraction of sp³-hybridized carbons (Fsp3) is 0.500. The lowest BCUT2D eigenvalue weighted by molar-refractivity contribution is -0.138. The molecule has 108 valence electrons. The Kier molecular flexibility index (Phi) is 5.16. The molecule has 2 atom stereocenters. The SMILES string of the molecule is COc1ccc(C(O)C(O)CCO)cc1C(F)(F)F. The molecule has 0 fully saturated rings. The molecular formula is C12H15F3O4. The average Bonchev–Trinajstić information content (AvgIpc) is 2.36. The number of hydrogen-bond acceptors (Lipinski definition) is 4. The Morgan fingerprint density at radius 2 is 1.89 bits per heavy atom. The molecular weight excluding hydrogens is 265 g/mol. The molecule has 1 rings (SSSR count). The molecule has 4 nitrogen and oxygen atoms in total. The van der Waals surface area contributed by atoms with Gasteiger partial charge in [0, 0.05) is 6.61 Å². The molecule has 0 aromatic heterocycles. The molecule has 0 heterocycles. The first kappa shape index (κ1) is 15.7. The molecule has 0 saturated carbocycles. The van der Waals surface area contributed by atoms with Gasteiger partial charge in [0.15, 0.2) is 0 Å². The van der Waals surface area contributed by atoms with Gasteiger partial charge >= 0.3 is 6.18 Å². The summed E-state index contributed by atoms with van der Waals surface area (Å²) >= 11 is 0. The molecule has 19 heavy (non-hydrogen) atoms. The first-order chi connectivity index (χ1) is 8.81. The topological polar surface area (TPSA) is 69.9 Å². The minimum atomic E-state index is -4.62. The Bertz CT molecular complexity index is 420. The predicted octanol–water partition coefficient (Wildman–Crippen LogP) is 1.49. The Morgan fingerprint density at radius 3 is 2.37 bits per heavy atom. The van der Waals surface area contributed by atoms with Gasteiger partial charge in [0.2, 0.25) is 0 Å². The van der Waals surface area contributed by atoms with E-state index < -0.39 is 23.9 Å². The van der Waals surface area contributed by atoms with E-state index in [0.717, 1.165) is 19.2 Å². The van der Waals surface area contributed by atoms with Gasteiger partial charge in [-0.2, -0.15) is 13.2 Å². The van der Waals surface area contributed by atoms with E-state index in [1.165, 1.54) is 6.07 Å². The number of aliphatic hydroxyl groups is 3. The molecule has 3 N–H and O–H groups in total. The highest BCUT2D eigenvalue weighted by atomic mass is 19.4. The fourth-order valence-electron chi connectivity index (χ4n) is 1.64. The normalized spacial score (nSPS) is 15.1. The minimum Gasteiger partial charge on any atom is -0.496 e. The molecule has 7 heteroatoms. The number of alkyl halides is 3. The number of aliphatic hydroxyl groups excluding tert-OH is 3. The van der Waals surface area contributed by atoms with Crippen molar-refractivity contribution < 1.29 is 33.2 Å². The van der Waals surface area contributed by atoms with Gasteiger partial charge in [-0.1, -0.05) is 6.07 Å². The smallest absolute Gasteiger partial charge is 0.419 e. The van der Waals surface area contributed by atoms with Crippen LogP contribution in [0.15, 0.2) is 18.2 Å². The summed E-state index contributed by atoms with van der Waals surface area (Å²) in [5.41, 5.74) is -1.11. The van der Waals surface area contributed by atoms with E-state index in [4.69, 9.17) is 5.11 Å². The summed E-state index contributed by atoms with van der Waals surface area (Å²) in [6, 6.07) is 3.04. The first-order valence-electron chi connectivity index (χ1n) is 5.53. The Balaban J connectivity index is 3.11. The van der Waals surface area contributed by atoms with Gasteiger partial charge in [0.1, 0.15) is 11.9 Å². The highest BCUT2D eigenvalue weighted by Crippen LogP contribution is 2.38. The highest BCUT2D eigenvalue weighted by molar-refractivity contribution is 5.40. The summed E-state index contributed by atoms with van der Waals surface area (Å²) in [6.45, 7) is -0.374. The molecule has 0 aliphatic rings. The number of benzene rings is 1. The van der Waals surface area contributed by atoms with Crippen molar-refractivity contribution in [1.82, 2.24) is 0 Å². The molecule has 1 aromatic rings. The Hall–Kier alpha value is -1.31. The van der Waals surface area contributed by atoms with Crippen LogP contribution in [0, 0.1) is 0 Å². The molecule has 0 radical (unpaired) electrons. The van der Waals surface area contributed by atoms with Crippen molar-refractivity contribution in [3.05, 3.63) is 29.3 Å². The summed E-state index contributed by atoms with van der Waals surface area (Å²) in [4.78, 5) is 0. The van der Waals surface area contributed by atoms with Gasteiger partial charge in [-0.05, 0) is 24.1 Å². The average molecular weight is 280 g/mol. The number of hydrogen-bond donors (Lipinski definition) is 3. The van der Waals surface area contributed by atoms with E-state index in [1.807, 2.05) is 0 Å². The zero-order valence-electron chi connectivity index (χ0n) is 10.2. The zero-order chi connectivity index (χ0) is 14.6. The summed E-state index contributed by atoms with van der Waals surface area (Å²) in [6.07, 6.45) is -7.59. The van der Waals surface area contributed by atoms with E-state index in [2.05, 4.69) is 4.74 Å². The van der Waals surface area contributed by atoms with Crippen LogP contribution in [0.4, 0.5) is 13.2 Å². The van der Waals surface area contributed by atoms with Crippen molar-refractivity contribution in [2.24, 2.45) is 0 Å². The van der Waals surface area contributed by atoms with E-state index in [9.17, 15) is 23.4 Å². The van der Waals surface area contributed by atoms with Crippen molar-refractivity contribution in [3.63, 3.8) is 0 Å². The van der Waals surface area contributed by atoms with Gasteiger partial charge < -0.3 is 20.1 Å². The van der Waals surface area contributed by atoms with Gasteiger partial charge in [0.05, 0.1) is 18.8 Å². The summed E-state index contributed by atoms with van der Waals surface area (Å²) < 4.78 is 42.9. The standard InChI is InChI=1S/C12H15F3O4/c1-19-10-3-2-7(6-8(10)12(13,14)15)11(18)9(17)4-5-16/h2-3,6,9,11,16-18H,4-5H2,1H3. The number of halogens is 3. The number of methoxy groups -OCH3 is 1. The van der Waals surface area contributed by atoms with Crippen molar-refractivity contribution >= 4 is 0 Å². The molecule has 0 aliphatic carbocycles. The molecule has 0 aliphatic heterocycles. The number of rotatable bonds is 5. The molecule has 0 spiro atoms. The van der Waals surface area contributed by atoms with Crippen LogP contribution in [0.2, 0.25) is 0 Å². The lowest BCUT2D eigenvalue weighted by Gasteiger charge is -2.19. The minimum absolute atomic E-state index is 0.0888. The third-order valence-corrected chi connectivity index (χ3v) is 2.66. The molecule has 0 amide bonds. The quantitative estimate of drug-likeness (QED) is 0.764. The van der Waals surface area contributed by atoms with Crippen LogP contribution in [0.1, 0.15) is 23.7 Å². The zero-order valence-corrected chi connectivity index (χ0v) is 10.2. The van der Waals surface area contributed by atoms with E-state index in [-0.39, 0.29) is 24.3 Å². The lowest BCUT2D eigenvalue weighted by atomic mass is 9.99. The largest absolute Gasteiger partial charge is 0.496 e. The van der Waals surface area contributed by atoms with E-state index in [0.29, 0.717) is 0 Å². The van der Waals surface area contributed by atoms with Crippen molar-refractivity contribution in [2.75, 3.05) is 13.7 Å². The third kappa shape index (κ3) is 3.82. The van der Waals surface area contributed by atoms with Crippen LogP contribution in [0.5, 0.6) is 5.75 Å². The second-order valence-corrected chi connectivity index (χ2v) is 3.98. The Morgan fingerprint density at radius 1 is 1.26 bits per heavy atom. The lowest BCUT2D eigenvalue weighted by Crippen LogP contribution is -2.20. The van der Waals surface area contributed by atoms with Crippen LogP contribution >= 0.6 is 0 Å². The highest BCUT2D eigenvalue weighted by Gasteiger charge is 2.35. The maximum Gasteiger partial charge on any atom is 0.419 e. The third-order valence-electron chi connectivity index (χ3n) is 2.66. The first-order valence-corrected chi connectivity index (χ1v) is 5.53. The van der Waals surface area contributed by atoms with Crippen LogP contribution in [0.3, 0.4) is 0 Å². The molecule has 0 bridgehead atoms. The van der Waals surface area contributed by atoms with Crippen LogP contribution in [-0.4, -0.2) is 35.1 Å². The fourth-order valence-corrected chi connectivity index (χ4v) is 1.64. The molecule has 2 unspecified atom stereocenters. The van der Waals surface area contributed by atoms with Crippen LogP contribution in [-0.2, 0) is 6.18 Å². The molecule has 0 saturated heterocycles. The Labute approximate surface area is 108 Å². The van der Waals surface area contributed by atoms with Gasteiger partial charge in [0.25, 0.3) is 0 Å². The summed E-state index contributed by atoms with van der Waals surface area (Å²) in [7, 11) is 1.11. The summed E-state index contributed by atoms with van der Waals surface area (Å²) in [5.74, 6) is -0.361. The second-order valence-electron chi connectivity index (χ2n) is 3.98. The van der Waals surface area contributed by atoms with Gasteiger partial charge in [-0.3, -0.25) is 0 Å². The van der Waals surface area contributed by atoms with E-state index >= 15 is 0 Å². The number of ether oxygens (including phenoxy) is 1.